The molecule has 116 valence electrons. The molecule has 0 radical (unpaired) electrons. The molecule has 0 atom stereocenters. The van der Waals surface area contributed by atoms with Crippen LogP contribution in [0, 0.1) is 11.3 Å². The zero-order valence-electron chi connectivity index (χ0n) is 13.0. The molecule has 4 aromatic rings. The summed E-state index contributed by atoms with van der Waals surface area (Å²) in [4.78, 5) is 0. The van der Waals surface area contributed by atoms with Crippen molar-refractivity contribution in [2.24, 2.45) is 0 Å². The fourth-order valence-electron chi connectivity index (χ4n) is 2.67. The molecule has 2 heterocycles. The first-order valence-electron chi connectivity index (χ1n) is 7.59. The van der Waals surface area contributed by atoms with Gasteiger partial charge in [0.05, 0.1) is 18.2 Å². The number of aromatic nitrogens is 4. The van der Waals surface area contributed by atoms with E-state index in [1.807, 2.05) is 43.3 Å². The van der Waals surface area contributed by atoms with Gasteiger partial charge in [0, 0.05) is 16.3 Å². The molecule has 24 heavy (non-hydrogen) atoms. The van der Waals surface area contributed by atoms with Gasteiger partial charge >= 0.3 is 0 Å². The van der Waals surface area contributed by atoms with Crippen LogP contribution < -0.4 is 4.74 Å². The lowest BCUT2D eigenvalue weighted by molar-refractivity contribution is 0.326. The summed E-state index contributed by atoms with van der Waals surface area (Å²) in [6.07, 6.45) is 0. The van der Waals surface area contributed by atoms with E-state index < -0.39 is 0 Å². The van der Waals surface area contributed by atoms with E-state index >= 15 is 0 Å². The van der Waals surface area contributed by atoms with E-state index in [2.05, 4.69) is 21.4 Å². The maximum atomic E-state index is 8.93. The monoisotopic (exact) mass is 315 g/mol. The number of rotatable bonds is 3. The van der Waals surface area contributed by atoms with Gasteiger partial charge in [-0.25, -0.2) is 0 Å². The second-order valence-electron chi connectivity index (χ2n) is 5.23. The third-order valence-corrected chi connectivity index (χ3v) is 3.78. The van der Waals surface area contributed by atoms with Gasteiger partial charge in [-0.1, -0.05) is 18.2 Å². The lowest BCUT2D eigenvalue weighted by Gasteiger charge is -2.08. The molecule has 0 unspecified atom stereocenters. The molecule has 6 nitrogen and oxygen atoms in total. The van der Waals surface area contributed by atoms with Crippen LogP contribution in [-0.4, -0.2) is 26.4 Å². The highest BCUT2D eigenvalue weighted by Crippen LogP contribution is 2.28. The van der Waals surface area contributed by atoms with E-state index in [0.717, 1.165) is 16.3 Å². The highest BCUT2D eigenvalue weighted by molar-refractivity contribution is 5.97. The van der Waals surface area contributed by atoms with Crippen LogP contribution in [0.25, 0.3) is 27.8 Å². The van der Waals surface area contributed by atoms with Gasteiger partial charge in [-0.3, -0.25) is 0 Å². The first-order valence-corrected chi connectivity index (χ1v) is 7.59. The number of nitrogens with zero attached hydrogens (tertiary/aromatic N) is 5. The van der Waals surface area contributed by atoms with Gasteiger partial charge in [-0.15, -0.1) is 15.3 Å². The van der Waals surface area contributed by atoms with Crippen LogP contribution in [0.3, 0.4) is 0 Å². The first kappa shape index (κ1) is 14.2. The van der Waals surface area contributed by atoms with Gasteiger partial charge in [0.2, 0.25) is 5.88 Å². The fourth-order valence-corrected chi connectivity index (χ4v) is 2.67. The molecule has 0 aliphatic heterocycles. The second-order valence-corrected chi connectivity index (χ2v) is 5.23. The minimum atomic E-state index is 0.525. The van der Waals surface area contributed by atoms with Crippen molar-refractivity contribution in [2.75, 3.05) is 6.61 Å². The van der Waals surface area contributed by atoms with Gasteiger partial charge in [-0.2, -0.15) is 9.78 Å². The quantitative estimate of drug-likeness (QED) is 0.580. The van der Waals surface area contributed by atoms with Crippen LogP contribution in [0.1, 0.15) is 12.5 Å². The van der Waals surface area contributed by atoms with Crippen molar-refractivity contribution in [1.82, 2.24) is 19.8 Å². The second kappa shape index (κ2) is 5.63. The average Bonchev–Trinajstić information content (AvgIpc) is 3.06. The number of fused-ring (bicyclic) bond motifs is 3. The number of nitriles is 1. The minimum absolute atomic E-state index is 0.525. The SMILES string of the molecule is CCOc1nn2c(-c3ccc(C#N)cc3)nnc2c2ccccc12. The summed E-state index contributed by atoms with van der Waals surface area (Å²) < 4.78 is 7.38. The van der Waals surface area contributed by atoms with Gasteiger partial charge in [-0.05, 0) is 37.3 Å². The number of benzene rings is 2. The molecule has 0 aliphatic rings. The Bertz CT molecular complexity index is 1080. The Morgan fingerprint density at radius 1 is 1.04 bits per heavy atom. The van der Waals surface area contributed by atoms with Crippen LogP contribution >= 0.6 is 0 Å². The Balaban J connectivity index is 1.99. The predicted octanol–water partition coefficient (Wildman–Crippen LogP) is 3.21. The molecular formula is C18H13N5O. The molecule has 0 bridgehead atoms. The molecule has 0 N–H and O–H groups in total. The van der Waals surface area contributed by atoms with Crippen LogP contribution in [0.5, 0.6) is 5.88 Å². The molecule has 0 spiro atoms. The van der Waals surface area contributed by atoms with Crippen LogP contribution in [-0.2, 0) is 0 Å². The van der Waals surface area contributed by atoms with Crippen LogP contribution in [0.4, 0.5) is 0 Å². The lowest BCUT2D eigenvalue weighted by atomic mass is 10.1. The Labute approximate surface area is 137 Å². The van der Waals surface area contributed by atoms with E-state index in [-0.39, 0.29) is 0 Å². The summed E-state index contributed by atoms with van der Waals surface area (Å²) >= 11 is 0. The van der Waals surface area contributed by atoms with Crippen LogP contribution in [0.15, 0.2) is 48.5 Å². The molecule has 6 heteroatoms. The van der Waals surface area contributed by atoms with Crippen molar-refractivity contribution < 1.29 is 4.74 Å². The average molecular weight is 315 g/mol. The number of ether oxygens (including phenoxy) is 1. The Hall–Kier alpha value is -3.46. The summed E-state index contributed by atoms with van der Waals surface area (Å²) in [5.74, 6) is 1.16. The Morgan fingerprint density at radius 2 is 1.79 bits per heavy atom. The van der Waals surface area contributed by atoms with Crippen molar-refractivity contribution in [1.29, 1.82) is 5.26 Å². The van der Waals surface area contributed by atoms with E-state index in [4.69, 9.17) is 10.00 Å². The molecule has 0 fully saturated rings. The third-order valence-electron chi connectivity index (χ3n) is 3.78. The number of hydrogen-bond donors (Lipinski definition) is 0. The van der Waals surface area contributed by atoms with Crippen molar-refractivity contribution in [3.8, 4) is 23.3 Å². The van der Waals surface area contributed by atoms with E-state index in [9.17, 15) is 0 Å². The first-order chi connectivity index (χ1) is 11.8. The van der Waals surface area contributed by atoms with Gasteiger partial charge < -0.3 is 4.74 Å². The highest BCUT2D eigenvalue weighted by Gasteiger charge is 2.15. The molecular weight excluding hydrogens is 302 g/mol. The molecule has 2 aromatic heterocycles. The minimum Gasteiger partial charge on any atom is -0.476 e. The topological polar surface area (TPSA) is 76.1 Å². The summed E-state index contributed by atoms with van der Waals surface area (Å²) in [7, 11) is 0. The van der Waals surface area contributed by atoms with E-state index in [1.165, 1.54) is 0 Å². The van der Waals surface area contributed by atoms with Gasteiger partial charge in [0.1, 0.15) is 0 Å². The number of hydrogen-bond acceptors (Lipinski definition) is 5. The summed E-state index contributed by atoms with van der Waals surface area (Å²) in [6, 6.07) is 17.1. The molecule has 0 amide bonds. The van der Waals surface area contributed by atoms with Gasteiger partial charge in [0.25, 0.3) is 0 Å². The zero-order chi connectivity index (χ0) is 16.5. The molecule has 0 saturated carbocycles. The standard InChI is InChI=1S/C18H13N5O/c1-2-24-18-15-6-4-3-5-14(15)17-21-20-16(23(17)22-18)13-9-7-12(11-19)8-10-13/h3-10H,2H2,1H3. The van der Waals surface area contributed by atoms with E-state index in [0.29, 0.717) is 29.5 Å². The molecule has 2 aromatic carbocycles. The molecule has 0 aliphatic carbocycles. The zero-order valence-corrected chi connectivity index (χ0v) is 13.0. The smallest absolute Gasteiger partial charge is 0.239 e. The normalized spacial score (nSPS) is 10.8. The maximum absolute atomic E-state index is 8.93. The summed E-state index contributed by atoms with van der Waals surface area (Å²) in [6.45, 7) is 2.45. The fraction of sp³-hybridized carbons (Fsp3) is 0.111. The van der Waals surface area contributed by atoms with Crippen LogP contribution in [0.2, 0.25) is 0 Å². The lowest BCUT2D eigenvalue weighted by Crippen LogP contribution is -2.02. The highest BCUT2D eigenvalue weighted by atomic mass is 16.5. The summed E-state index contributed by atoms with van der Waals surface area (Å²) in [5.41, 5.74) is 2.11. The van der Waals surface area contributed by atoms with Crippen molar-refractivity contribution >= 4 is 16.4 Å². The van der Waals surface area contributed by atoms with Crippen molar-refractivity contribution in [3.63, 3.8) is 0 Å². The third kappa shape index (κ3) is 2.15. The largest absolute Gasteiger partial charge is 0.476 e. The predicted molar refractivity (Wildman–Crippen MR) is 89.6 cm³/mol. The van der Waals surface area contributed by atoms with Crippen molar-refractivity contribution in [2.45, 2.75) is 6.92 Å². The maximum Gasteiger partial charge on any atom is 0.239 e. The summed E-state index contributed by atoms with van der Waals surface area (Å²) in [5, 5.41) is 23.9. The Morgan fingerprint density at radius 3 is 2.50 bits per heavy atom. The van der Waals surface area contributed by atoms with Crippen molar-refractivity contribution in [3.05, 3.63) is 54.1 Å². The van der Waals surface area contributed by atoms with Gasteiger partial charge in [0.15, 0.2) is 11.5 Å². The van der Waals surface area contributed by atoms with E-state index in [1.54, 1.807) is 16.6 Å². The Kier molecular flexibility index (Phi) is 3.32. The molecule has 4 rings (SSSR count). The molecule has 0 saturated heterocycles.